The molecule has 7 heteroatoms. The molecular formula is C18H28N6O. The van der Waals surface area contributed by atoms with E-state index < -0.39 is 0 Å². The number of nitrogens with one attached hydrogen (secondary N) is 2. The van der Waals surface area contributed by atoms with E-state index in [1.165, 1.54) is 12.8 Å². The molecule has 0 saturated carbocycles. The van der Waals surface area contributed by atoms with E-state index in [1.54, 1.807) is 4.68 Å². The van der Waals surface area contributed by atoms with Gasteiger partial charge in [-0.25, -0.2) is 4.98 Å². The van der Waals surface area contributed by atoms with Gasteiger partial charge >= 0.3 is 0 Å². The Labute approximate surface area is 148 Å². The normalized spacial score (nSPS) is 17.6. The lowest BCUT2D eigenvalue weighted by atomic mass is 9.97. The Morgan fingerprint density at radius 1 is 1.44 bits per heavy atom. The summed E-state index contributed by atoms with van der Waals surface area (Å²) in [6.07, 6.45) is 9.91. The van der Waals surface area contributed by atoms with Gasteiger partial charge in [-0.15, -0.1) is 0 Å². The van der Waals surface area contributed by atoms with Crippen molar-refractivity contribution >= 4 is 5.91 Å². The molecule has 0 bridgehead atoms. The first kappa shape index (κ1) is 17.7. The van der Waals surface area contributed by atoms with Crippen LogP contribution in [0, 0.1) is 0 Å². The Kier molecular flexibility index (Phi) is 6.22. The average molecular weight is 344 g/mol. The van der Waals surface area contributed by atoms with Crippen molar-refractivity contribution < 1.29 is 4.79 Å². The zero-order chi connectivity index (χ0) is 17.5. The van der Waals surface area contributed by atoms with Gasteiger partial charge in [0.1, 0.15) is 12.4 Å². The fraction of sp³-hybridized carbons (Fsp3) is 0.611. The van der Waals surface area contributed by atoms with Crippen molar-refractivity contribution in [1.29, 1.82) is 0 Å². The van der Waals surface area contributed by atoms with Gasteiger partial charge in [0.05, 0.1) is 5.69 Å². The third-order valence-corrected chi connectivity index (χ3v) is 4.70. The first-order valence-corrected chi connectivity index (χ1v) is 9.27. The Morgan fingerprint density at radius 2 is 2.36 bits per heavy atom. The Bertz CT molecular complexity index is 671. The molecule has 0 aromatic carbocycles. The largest absolute Gasteiger partial charge is 0.354 e. The lowest BCUT2D eigenvalue weighted by Gasteiger charge is -2.20. The van der Waals surface area contributed by atoms with E-state index in [2.05, 4.69) is 32.2 Å². The van der Waals surface area contributed by atoms with Gasteiger partial charge in [0.15, 0.2) is 0 Å². The highest BCUT2D eigenvalue weighted by Crippen LogP contribution is 2.21. The summed E-state index contributed by atoms with van der Waals surface area (Å²) >= 11 is 0. The van der Waals surface area contributed by atoms with Crippen molar-refractivity contribution in [2.75, 3.05) is 19.6 Å². The molecule has 1 atom stereocenters. The highest BCUT2D eigenvalue weighted by molar-refractivity contribution is 5.75. The number of carbonyl (C=O) groups excluding carboxylic acids is 1. The van der Waals surface area contributed by atoms with Crippen LogP contribution in [-0.2, 0) is 24.3 Å². The van der Waals surface area contributed by atoms with Gasteiger partial charge in [0, 0.05) is 50.6 Å². The minimum absolute atomic E-state index is 0.0118. The van der Waals surface area contributed by atoms with Crippen LogP contribution < -0.4 is 10.6 Å². The maximum atomic E-state index is 12.1. The summed E-state index contributed by atoms with van der Waals surface area (Å²) in [4.78, 5) is 16.4. The van der Waals surface area contributed by atoms with Gasteiger partial charge in [-0.05, 0) is 31.9 Å². The maximum Gasteiger partial charge on any atom is 0.241 e. The molecule has 136 valence electrons. The standard InChI is InChI=1S/C18H28N6O/c1-2-17-20-9-12-23(17)10-4-8-21-18(25)14-24-11-6-16(22-24)15-5-3-7-19-13-15/h6,9,11-12,15,19H,2-5,7-8,10,13-14H2,1H3,(H,21,25)/t15-/m1/s1. The van der Waals surface area contributed by atoms with Gasteiger partial charge in [0.25, 0.3) is 0 Å². The van der Waals surface area contributed by atoms with Gasteiger partial charge in [-0.2, -0.15) is 5.10 Å². The third kappa shape index (κ3) is 4.92. The topological polar surface area (TPSA) is 76.8 Å². The Morgan fingerprint density at radius 3 is 3.16 bits per heavy atom. The summed E-state index contributed by atoms with van der Waals surface area (Å²) in [5.74, 6) is 1.58. The molecule has 0 aliphatic carbocycles. The molecular weight excluding hydrogens is 316 g/mol. The fourth-order valence-electron chi connectivity index (χ4n) is 3.33. The molecule has 0 radical (unpaired) electrons. The van der Waals surface area contributed by atoms with Crippen LogP contribution in [0.2, 0.25) is 0 Å². The van der Waals surface area contributed by atoms with Crippen LogP contribution in [0.3, 0.4) is 0 Å². The molecule has 1 fully saturated rings. The highest BCUT2D eigenvalue weighted by atomic mass is 16.2. The zero-order valence-electron chi connectivity index (χ0n) is 14.9. The second-order valence-corrected chi connectivity index (χ2v) is 6.58. The minimum Gasteiger partial charge on any atom is -0.354 e. The van der Waals surface area contributed by atoms with E-state index in [1.807, 2.05) is 24.7 Å². The number of imidazole rings is 1. The number of nitrogens with zero attached hydrogens (tertiary/aromatic N) is 4. The summed E-state index contributed by atoms with van der Waals surface area (Å²) in [7, 11) is 0. The van der Waals surface area contributed by atoms with Crippen molar-refractivity contribution in [3.05, 3.63) is 36.2 Å². The van der Waals surface area contributed by atoms with E-state index in [0.29, 0.717) is 12.5 Å². The van der Waals surface area contributed by atoms with Crippen molar-refractivity contribution in [2.45, 2.75) is 51.6 Å². The number of carbonyl (C=O) groups is 1. The molecule has 2 aromatic heterocycles. The molecule has 1 aliphatic rings. The zero-order valence-corrected chi connectivity index (χ0v) is 14.9. The summed E-state index contributed by atoms with van der Waals surface area (Å²) in [6.45, 7) is 6.01. The monoisotopic (exact) mass is 344 g/mol. The third-order valence-electron chi connectivity index (χ3n) is 4.70. The number of amides is 1. The highest BCUT2D eigenvalue weighted by Gasteiger charge is 2.17. The fourth-order valence-corrected chi connectivity index (χ4v) is 3.33. The lowest BCUT2D eigenvalue weighted by molar-refractivity contribution is -0.121. The molecule has 2 N–H and O–H groups in total. The van der Waals surface area contributed by atoms with Crippen LogP contribution in [0.5, 0.6) is 0 Å². The van der Waals surface area contributed by atoms with E-state index in [9.17, 15) is 4.79 Å². The average Bonchev–Trinajstić information content (AvgIpc) is 3.28. The van der Waals surface area contributed by atoms with Crippen LogP contribution in [0.15, 0.2) is 24.7 Å². The first-order chi connectivity index (χ1) is 12.3. The van der Waals surface area contributed by atoms with E-state index >= 15 is 0 Å². The number of rotatable bonds is 8. The van der Waals surface area contributed by atoms with E-state index in [4.69, 9.17) is 0 Å². The summed E-state index contributed by atoms with van der Waals surface area (Å²) in [6, 6.07) is 2.04. The molecule has 1 aliphatic heterocycles. The predicted octanol–water partition coefficient (Wildman–Crippen LogP) is 1.32. The Balaban J connectivity index is 1.38. The SMILES string of the molecule is CCc1nccn1CCCNC(=O)Cn1ccc([C@@H]2CCCNC2)n1. The van der Waals surface area contributed by atoms with E-state index in [-0.39, 0.29) is 12.5 Å². The number of hydrogen-bond acceptors (Lipinski definition) is 4. The van der Waals surface area contributed by atoms with Crippen LogP contribution in [0.25, 0.3) is 0 Å². The summed E-state index contributed by atoms with van der Waals surface area (Å²) < 4.78 is 3.88. The van der Waals surface area contributed by atoms with Crippen LogP contribution in [0.1, 0.15) is 43.6 Å². The van der Waals surface area contributed by atoms with Crippen molar-refractivity contribution in [3.63, 3.8) is 0 Å². The van der Waals surface area contributed by atoms with Crippen LogP contribution >= 0.6 is 0 Å². The lowest BCUT2D eigenvalue weighted by Crippen LogP contribution is -2.30. The first-order valence-electron chi connectivity index (χ1n) is 9.27. The van der Waals surface area contributed by atoms with Crippen LogP contribution in [0.4, 0.5) is 0 Å². The molecule has 7 nitrogen and oxygen atoms in total. The van der Waals surface area contributed by atoms with Gasteiger partial charge < -0.3 is 15.2 Å². The number of hydrogen-bond donors (Lipinski definition) is 2. The molecule has 1 amide bonds. The molecule has 2 aromatic rings. The molecule has 0 spiro atoms. The van der Waals surface area contributed by atoms with Crippen molar-refractivity contribution in [3.8, 4) is 0 Å². The minimum atomic E-state index is 0.0118. The Hall–Kier alpha value is -2.15. The number of piperidine rings is 1. The van der Waals surface area contributed by atoms with Gasteiger partial charge in [0.2, 0.25) is 5.91 Å². The van der Waals surface area contributed by atoms with Crippen molar-refractivity contribution in [1.82, 2.24) is 30.0 Å². The second kappa shape index (κ2) is 8.80. The summed E-state index contributed by atoms with van der Waals surface area (Å²) in [5.41, 5.74) is 1.09. The molecule has 0 unspecified atom stereocenters. The maximum absolute atomic E-state index is 12.1. The van der Waals surface area contributed by atoms with Gasteiger partial charge in [-0.3, -0.25) is 9.48 Å². The van der Waals surface area contributed by atoms with Crippen molar-refractivity contribution in [2.24, 2.45) is 0 Å². The van der Waals surface area contributed by atoms with Crippen LogP contribution in [-0.4, -0.2) is 44.9 Å². The number of aryl methyl sites for hydroxylation is 2. The number of aromatic nitrogens is 4. The quantitative estimate of drug-likeness (QED) is 0.708. The molecule has 3 heterocycles. The molecule has 3 rings (SSSR count). The van der Waals surface area contributed by atoms with Gasteiger partial charge in [-0.1, -0.05) is 6.92 Å². The molecule has 1 saturated heterocycles. The second-order valence-electron chi connectivity index (χ2n) is 6.58. The van der Waals surface area contributed by atoms with E-state index in [0.717, 1.165) is 44.0 Å². The predicted molar refractivity (Wildman–Crippen MR) is 96.3 cm³/mol. The molecule has 25 heavy (non-hydrogen) atoms. The smallest absolute Gasteiger partial charge is 0.241 e. The summed E-state index contributed by atoms with van der Waals surface area (Å²) in [5, 5.41) is 10.9.